The zero-order valence-corrected chi connectivity index (χ0v) is 13.8. The number of halogens is 2. The van der Waals surface area contributed by atoms with E-state index in [9.17, 15) is 22.3 Å². The molecule has 6 atom stereocenters. The number of rotatable bonds is 6. The van der Waals surface area contributed by atoms with E-state index < -0.39 is 27.6 Å². The summed E-state index contributed by atoms with van der Waals surface area (Å²) in [7, 11) is -5.45. The van der Waals surface area contributed by atoms with E-state index in [-0.39, 0.29) is 23.4 Å². The molecule has 0 radical (unpaired) electrons. The van der Waals surface area contributed by atoms with Gasteiger partial charge in [0.25, 0.3) is 0 Å². The van der Waals surface area contributed by atoms with Crippen LogP contribution in [0.15, 0.2) is 0 Å². The summed E-state index contributed by atoms with van der Waals surface area (Å²) in [6, 6.07) is 0. The maximum atomic E-state index is 13.3. The van der Waals surface area contributed by atoms with Gasteiger partial charge in [0.15, 0.2) is 0 Å². The van der Waals surface area contributed by atoms with Crippen molar-refractivity contribution in [1.29, 1.82) is 0 Å². The Morgan fingerprint density at radius 2 is 2.00 bits per heavy atom. The van der Waals surface area contributed by atoms with E-state index in [1.807, 2.05) is 6.92 Å². The van der Waals surface area contributed by atoms with E-state index in [1.54, 1.807) is 0 Å². The topological polar surface area (TPSA) is 83.8 Å². The molecule has 4 fully saturated rings. The molecule has 132 valence electrons. The molecule has 0 heterocycles. The number of fused-ring (bicyclic) bond motifs is 1. The van der Waals surface area contributed by atoms with Crippen molar-refractivity contribution in [3.8, 4) is 0 Å². The third-order valence-electron chi connectivity index (χ3n) is 7.32. The monoisotopic (exact) mass is 352 g/mol. The Kier molecular flexibility index (Phi) is 3.00. The lowest BCUT2D eigenvalue weighted by Crippen LogP contribution is -2.53. The van der Waals surface area contributed by atoms with Gasteiger partial charge in [0.05, 0.1) is 12.2 Å². The second-order valence-electron chi connectivity index (χ2n) is 8.17. The third-order valence-corrected chi connectivity index (χ3v) is 8.19. The molecule has 2 bridgehead atoms. The second-order valence-corrected chi connectivity index (χ2v) is 9.72. The minimum Gasteiger partial charge on any atom is -0.389 e. The molecule has 6 unspecified atom stereocenters. The molecule has 4 aliphatic rings. The lowest BCUT2D eigenvalue weighted by Gasteiger charge is -2.54. The van der Waals surface area contributed by atoms with Crippen LogP contribution in [0.2, 0.25) is 0 Å². The van der Waals surface area contributed by atoms with Crippen molar-refractivity contribution in [1.82, 2.24) is 0 Å². The van der Waals surface area contributed by atoms with Gasteiger partial charge in [-0.3, -0.25) is 4.55 Å². The highest BCUT2D eigenvalue weighted by molar-refractivity contribution is 7.86. The predicted molar refractivity (Wildman–Crippen MR) is 76.4 cm³/mol. The minimum absolute atomic E-state index is 0.0769. The lowest BCUT2D eigenvalue weighted by atomic mass is 9.51. The first-order chi connectivity index (χ1) is 10.5. The Balaban J connectivity index is 1.45. The van der Waals surface area contributed by atoms with Gasteiger partial charge in [-0.15, -0.1) is 0 Å². The fourth-order valence-corrected chi connectivity index (χ4v) is 6.61. The summed E-state index contributed by atoms with van der Waals surface area (Å²) in [5.74, 6) is 0.918. The standard InChI is InChI=1S/C15H22F2O5S/c1-2-14(18)9-3-10-12(4-9,6-13(10)5-11(13)14)7-22-8-15(16,17)23(19,20)21/h9-11,18H,2-8H2,1H3,(H,19,20,21). The van der Waals surface area contributed by atoms with Crippen LogP contribution in [0.1, 0.15) is 39.0 Å². The molecule has 23 heavy (non-hydrogen) atoms. The van der Waals surface area contributed by atoms with Crippen molar-refractivity contribution in [2.75, 3.05) is 13.2 Å². The average molecular weight is 352 g/mol. The summed E-state index contributed by atoms with van der Waals surface area (Å²) in [5, 5.41) is 6.70. The van der Waals surface area contributed by atoms with Crippen LogP contribution >= 0.6 is 0 Å². The van der Waals surface area contributed by atoms with Gasteiger partial charge < -0.3 is 9.84 Å². The molecule has 4 aliphatic carbocycles. The molecule has 8 heteroatoms. The van der Waals surface area contributed by atoms with Crippen LogP contribution in [-0.4, -0.2) is 42.1 Å². The van der Waals surface area contributed by atoms with Gasteiger partial charge in [0.2, 0.25) is 0 Å². The maximum absolute atomic E-state index is 13.3. The molecule has 0 amide bonds. The van der Waals surface area contributed by atoms with Crippen molar-refractivity contribution >= 4 is 10.1 Å². The molecule has 0 aromatic heterocycles. The maximum Gasteiger partial charge on any atom is 0.392 e. The molecule has 0 aromatic rings. The van der Waals surface area contributed by atoms with E-state index in [1.165, 1.54) is 0 Å². The number of hydrogen-bond acceptors (Lipinski definition) is 4. The van der Waals surface area contributed by atoms with Gasteiger partial charge in [-0.1, -0.05) is 6.92 Å². The van der Waals surface area contributed by atoms with Crippen LogP contribution < -0.4 is 0 Å². The highest BCUT2D eigenvalue weighted by Gasteiger charge is 2.84. The summed E-state index contributed by atoms with van der Waals surface area (Å²) in [4.78, 5) is 0. The van der Waals surface area contributed by atoms with Crippen LogP contribution in [0, 0.1) is 28.6 Å². The van der Waals surface area contributed by atoms with Crippen LogP contribution in [-0.2, 0) is 14.9 Å². The van der Waals surface area contributed by atoms with Gasteiger partial charge in [-0.25, -0.2) is 0 Å². The molecule has 0 aromatic carbocycles. The zero-order chi connectivity index (χ0) is 16.9. The first-order valence-electron chi connectivity index (χ1n) is 8.16. The highest BCUT2D eigenvalue weighted by atomic mass is 32.2. The molecule has 4 rings (SSSR count). The smallest absolute Gasteiger partial charge is 0.389 e. The largest absolute Gasteiger partial charge is 0.392 e. The Bertz CT molecular complexity index is 652. The second kappa shape index (κ2) is 4.26. The van der Waals surface area contributed by atoms with Gasteiger partial charge in [-0.2, -0.15) is 17.2 Å². The summed E-state index contributed by atoms with van der Waals surface area (Å²) in [6.45, 7) is 0.755. The molecule has 0 aliphatic heterocycles. The van der Waals surface area contributed by atoms with Gasteiger partial charge in [0.1, 0.15) is 6.61 Å². The number of hydrogen-bond donors (Lipinski definition) is 2. The van der Waals surface area contributed by atoms with E-state index in [0.717, 1.165) is 25.7 Å². The van der Waals surface area contributed by atoms with Crippen molar-refractivity contribution in [3.63, 3.8) is 0 Å². The van der Waals surface area contributed by atoms with Crippen LogP contribution in [0.3, 0.4) is 0 Å². The fraction of sp³-hybridized carbons (Fsp3) is 1.00. The Morgan fingerprint density at radius 3 is 2.61 bits per heavy atom. The van der Waals surface area contributed by atoms with Gasteiger partial charge in [-0.05, 0) is 60.7 Å². The van der Waals surface area contributed by atoms with Crippen LogP contribution in [0.4, 0.5) is 8.78 Å². The predicted octanol–water partition coefficient (Wildman–Crippen LogP) is 2.06. The van der Waals surface area contributed by atoms with Crippen LogP contribution in [0.25, 0.3) is 0 Å². The number of ether oxygens (including phenoxy) is 1. The summed E-state index contributed by atoms with van der Waals surface area (Å²) in [5.41, 5.74) is -0.659. The molecule has 4 saturated carbocycles. The average Bonchev–Trinajstić information content (AvgIpc) is 3.12. The van der Waals surface area contributed by atoms with Crippen molar-refractivity contribution < 1.29 is 31.6 Å². The molecule has 2 N–H and O–H groups in total. The van der Waals surface area contributed by atoms with E-state index in [2.05, 4.69) is 0 Å². The quantitative estimate of drug-likeness (QED) is 0.715. The third kappa shape index (κ3) is 1.84. The van der Waals surface area contributed by atoms with E-state index in [4.69, 9.17) is 9.29 Å². The highest BCUT2D eigenvalue weighted by Crippen LogP contribution is 2.87. The molecule has 0 saturated heterocycles. The van der Waals surface area contributed by atoms with Crippen molar-refractivity contribution in [2.45, 2.75) is 49.9 Å². The Labute approximate surface area is 134 Å². The summed E-state index contributed by atoms with van der Waals surface area (Å²) in [6.07, 6.45) is 4.29. The summed E-state index contributed by atoms with van der Waals surface area (Å²) >= 11 is 0. The number of aliphatic hydroxyl groups is 1. The first kappa shape index (κ1) is 16.2. The molecule has 5 nitrogen and oxygen atoms in total. The van der Waals surface area contributed by atoms with Crippen molar-refractivity contribution in [2.24, 2.45) is 28.6 Å². The fourth-order valence-electron chi connectivity index (χ4n) is 6.37. The minimum atomic E-state index is -5.45. The summed E-state index contributed by atoms with van der Waals surface area (Å²) < 4.78 is 61.4. The SMILES string of the molecule is CCC1(O)C2CC3C(COCC(F)(F)S(=O)(=O)O)(C2)CC32CC12. The Hall–Kier alpha value is -0.310. The van der Waals surface area contributed by atoms with Crippen molar-refractivity contribution in [3.05, 3.63) is 0 Å². The number of alkyl halides is 2. The Morgan fingerprint density at radius 1 is 1.30 bits per heavy atom. The lowest BCUT2D eigenvalue weighted by molar-refractivity contribution is -0.137. The normalized spacial score (nSPS) is 50.4. The van der Waals surface area contributed by atoms with Gasteiger partial charge >= 0.3 is 15.4 Å². The molecular weight excluding hydrogens is 330 g/mol. The van der Waals surface area contributed by atoms with Gasteiger partial charge in [0, 0.05) is 0 Å². The zero-order valence-electron chi connectivity index (χ0n) is 13.0. The first-order valence-corrected chi connectivity index (χ1v) is 9.60. The van der Waals surface area contributed by atoms with E-state index >= 15 is 0 Å². The molecular formula is C15H22F2O5S. The van der Waals surface area contributed by atoms with Crippen LogP contribution in [0.5, 0.6) is 0 Å². The van der Waals surface area contributed by atoms with E-state index in [0.29, 0.717) is 18.3 Å². The molecule has 1 spiro atoms.